The van der Waals surface area contributed by atoms with Crippen molar-refractivity contribution in [3.63, 3.8) is 0 Å². The van der Waals surface area contributed by atoms with Crippen LogP contribution in [-0.4, -0.2) is 15.8 Å². The summed E-state index contributed by atoms with van der Waals surface area (Å²) in [4.78, 5) is 0. The monoisotopic (exact) mass is 389 g/mol. The molecule has 2 N–H and O–H groups in total. The lowest BCUT2D eigenvalue weighted by molar-refractivity contribution is 0.610. The number of halogens is 3. The van der Waals surface area contributed by atoms with Crippen LogP contribution in [-0.2, 0) is 26.3 Å². The van der Waals surface area contributed by atoms with E-state index in [2.05, 4.69) is 28.0 Å². The molecule has 1 aromatic carbocycles. The number of hydrogen-bond donors (Lipinski definition) is 1. The summed E-state index contributed by atoms with van der Waals surface area (Å²) in [6.45, 7) is 2.08. The Hall–Kier alpha value is -0.550. The van der Waals surface area contributed by atoms with Crippen LogP contribution < -0.4 is 5.73 Å². The largest absolute Gasteiger partial charge is 0.327 e. The minimum absolute atomic E-state index is 0.0705. The maximum Gasteiger partial charge on any atom is 0.0766 e. The molecule has 0 aliphatic heterocycles. The van der Waals surface area contributed by atoms with Crippen molar-refractivity contribution in [2.75, 3.05) is 0 Å². The van der Waals surface area contributed by atoms with E-state index in [1.165, 1.54) is 0 Å². The van der Waals surface area contributed by atoms with Crippen molar-refractivity contribution >= 4 is 39.1 Å². The second-order valence-corrected chi connectivity index (χ2v) is 6.66. The lowest BCUT2D eigenvalue weighted by Crippen LogP contribution is -2.27. The van der Waals surface area contributed by atoms with E-state index in [1.807, 2.05) is 29.9 Å². The van der Waals surface area contributed by atoms with Gasteiger partial charge in [-0.05, 0) is 46.5 Å². The van der Waals surface area contributed by atoms with Crippen LogP contribution in [0.15, 0.2) is 22.7 Å². The molecule has 3 nitrogen and oxygen atoms in total. The van der Waals surface area contributed by atoms with Crippen molar-refractivity contribution in [2.24, 2.45) is 12.8 Å². The summed E-state index contributed by atoms with van der Waals surface area (Å²) in [5.74, 6) is 0. The van der Waals surface area contributed by atoms with E-state index < -0.39 is 0 Å². The van der Waals surface area contributed by atoms with Crippen LogP contribution in [0.25, 0.3) is 0 Å². The normalized spacial score (nSPS) is 12.7. The Morgan fingerprint density at radius 2 is 1.90 bits per heavy atom. The number of rotatable bonds is 5. The molecule has 1 unspecified atom stereocenters. The zero-order chi connectivity index (χ0) is 15.6. The highest BCUT2D eigenvalue weighted by Gasteiger charge is 2.17. The summed E-state index contributed by atoms with van der Waals surface area (Å²) in [5.41, 5.74) is 9.34. The Bertz CT molecular complexity index is 620. The minimum atomic E-state index is -0.0705. The summed E-state index contributed by atoms with van der Waals surface area (Å²) < 4.78 is 2.94. The smallest absolute Gasteiger partial charge is 0.0766 e. The molecule has 6 heteroatoms. The van der Waals surface area contributed by atoms with Crippen molar-refractivity contribution in [3.8, 4) is 0 Å². The average Bonchev–Trinajstić information content (AvgIpc) is 2.70. The Labute approximate surface area is 143 Å². The third-order valence-corrected chi connectivity index (χ3v) is 5.11. The van der Waals surface area contributed by atoms with Gasteiger partial charge in [-0.2, -0.15) is 5.10 Å². The zero-order valence-electron chi connectivity index (χ0n) is 12.0. The molecule has 114 valence electrons. The molecule has 0 saturated heterocycles. The fourth-order valence-corrected chi connectivity index (χ4v) is 3.68. The Morgan fingerprint density at radius 1 is 1.29 bits per heavy atom. The van der Waals surface area contributed by atoms with Gasteiger partial charge in [0.15, 0.2) is 0 Å². The van der Waals surface area contributed by atoms with E-state index in [4.69, 9.17) is 28.9 Å². The number of aryl methyl sites for hydroxylation is 2. The third kappa shape index (κ3) is 3.81. The topological polar surface area (TPSA) is 43.8 Å². The second-order valence-electron chi connectivity index (χ2n) is 5.05. The highest BCUT2D eigenvalue weighted by Crippen LogP contribution is 2.27. The Kier molecular flexibility index (Phi) is 5.72. The van der Waals surface area contributed by atoms with Gasteiger partial charge in [-0.25, -0.2) is 0 Å². The van der Waals surface area contributed by atoms with Gasteiger partial charge < -0.3 is 5.73 Å². The van der Waals surface area contributed by atoms with Gasteiger partial charge in [0, 0.05) is 29.6 Å². The molecule has 1 atom stereocenters. The van der Waals surface area contributed by atoms with Crippen molar-refractivity contribution in [1.29, 1.82) is 0 Å². The molecule has 0 bridgehead atoms. The molecule has 2 rings (SSSR count). The first-order valence-corrected chi connectivity index (χ1v) is 8.37. The van der Waals surface area contributed by atoms with Crippen molar-refractivity contribution in [1.82, 2.24) is 9.78 Å². The highest BCUT2D eigenvalue weighted by atomic mass is 79.9. The van der Waals surface area contributed by atoms with E-state index in [1.54, 1.807) is 0 Å². The Morgan fingerprint density at radius 3 is 2.43 bits per heavy atom. The molecule has 0 saturated carbocycles. The predicted molar refractivity (Wildman–Crippen MR) is 92.1 cm³/mol. The van der Waals surface area contributed by atoms with Crippen LogP contribution in [0.5, 0.6) is 0 Å². The van der Waals surface area contributed by atoms with Gasteiger partial charge in [-0.1, -0.05) is 36.2 Å². The fourth-order valence-electron chi connectivity index (χ4n) is 2.35. The summed E-state index contributed by atoms with van der Waals surface area (Å²) in [6, 6.07) is 5.44. The predicted octanol–water partition coefficient (Wildman–Crippen LogP) is 4.16. The molecular weight excluding hydrogens is 373 g/mol. The number of aromatic nitrogens is 2. The van der Waals surface area contributed by atoms with Gasteiger partial charge in [0.1, 0.15) is 0 Å². The van der Waals surface area contributed by atoms with E-state index in [-0.39, 0.29) is 6.04 Å². The van der Waals surface area contributed by atoms with E-state index in [0.717, 1.165) is 27.8 Å². The van der Waals surface area contributed by atoms with Crippen molar-refractivity contribution in [2.45, 2.75) is 32.2 Å². The molecule has 1 heterocycles. The molecule has 0 spiro atoms. The average molecular weight is 391 g/mol. The maximum absolute atomic E-state index is 6.28. The molecular formula is C15H18BrCl2N3. The third-order valence-electron chi connectivity index (χ3n) is 3.49. The van der Waals surface area contributed by atoms with E-state index >= 15 is 0 Å². The number of nitrogens with zero attached hydrogens (tertiary/aromatic N) is 2. The van der Waals surface area contributed by atoms with Crippen molar-refractivity contribution in [3.05, 3.63) is 49.7 Å². The molecule has 0 aliphatic carbocycles. The standard InChI is InChI=1S/C15H18BrCl2N3/c1-3-13-15(16)14(21(2)20-13)8-9(19)7-10-11(17)5-4-6-12(10)18/h4-6,9H,3,7-8,19H2,1-2H3. The minimum Gasteiger partial charge on any atom is -0.327 e. The summed E-state index contributed by atoms with van der Waals surface area (Å²) in [7, 11) is 1.94. The zero-order valence-corrected chi connectivity index (χ0v) is 15.1. The van der Waals surface area contributed by atoms with Gasteiger partial charge in [-0.3, -0.25) is 4.68 Å². The molecule has 0 radical (unpaired) electrons. The summed E-state index contributed by atoms with van der Waals surface area (Å²) in [6.07, 6.45) is 2.24. The van der Waals surface area contributed by atoms with Crippen LogP contribution in [0.4, 0.5) is 0 Å². The van der Waals surface area contributed by atoms with Crippen LogP contribution in [0.3, 0.4) is 0 Å². The van der Waals surface area contributed by atoms with Gasteiger partial charge in [0.2, 0.25) is 0 Å². The van der Waals surface area contributed by atoms with Gasteiger partial charge in [-0.15, -0.1) is 0 Å². The molecule has 21 heavy (non-hydrogen) atoms. The van der Waals surface area contributed by atoms with E-state index in [0.29, 0.717) is 22.9 Å². The Balaban J connectivity index is 2.16. The van der Waals surface area contributed by atoms with Gasteiger partial charge in [0.25, 0.3) is 0 Å². The fraction of sp³-hybridized carbons (Fsp3) is 0.400. The summed E-state index contributed by atoms with van der Waals surface area (Å²) >= 11 is 16.0. The molecule has 1 aromatic heterocycles. The first-order chi connectivity index (χ1) is 9.93. The van der Waals surface area contributed by atoms with Crippen LogP contribution in [0, 0.1) is 0 Å². The SMILES string of the molecule is CCc1nn(C)c(CC(N)Cc2c(Cl)cccc2Cl)c1Br. The highest BCUT2D eigenvalue weighted by molar-refractivity contribution is 9.10. The number of benzene rings is 1. The molecule has 0 fully saturated rings. The second kappa shape index (κ2) is 7.14. The van der Waals surface area contributed by atoms with Gasteiger partial charge >= 0.3 is 0 Å². The van der Waals surface area contributed by atoms with Crippen LogP contribution in [0.1, 0.15) is 23.9 Å². The molecule has 0 amide bonds. The van der Waals surface area contributed by atoms with Crippen LogP contribution >= 0.6 is 39.1 Å². The molecule has 0 aliphatic rings. The molecule has 2 aromatic rings. The van der Waals surface area contributed by atoms with E-state index in [9.17, 15) is 0 Å². The number of nitrogens with two attached hydrogens (primary N) is 1. The first-order valence-electron chi connectivity index (χ1n) is 6.82. The maximum atomic E-state index is 6.28. The van der Waals surface area contributed by atoms with Gasteiger partial charge in [0.05, 0.1) is 15.9 Å². The van der Waals surface area contributed by atoms with Crippen LogP contribution in [0.2, 0.25) is 10.0 Å². The quantitative estimate of drug-likeness (QED) is 0.832. The lowest BCUT2D eigenvalue weighted by Gasteiger charge is -2.14. The lowest BCUT2D eigenvalue weighted by atomic mass is 10.0. The van der Waals surface area contributed by atoms with Crippen molar-refractivity contribution < 1.29 is 0 Å². The summed E-state index contributed by atoms with van der Waals surface area (Å²) in [5, 5.41) is 5.81. The number of hydrogen-bond acceptors (Lipinski definition) is 2. The first kappa shape index (κ1) is 16.8.